The van der Waals surface area contributed by atoms with Gasteiger partial charge in [0, 0.05) is 35.0 Å². The predicted molar refractivity (Wildman–Crippen MR) is 124 cm³/mol. The Morgan fingerprint density at radius 3 is 2.55 bits per heavy atom. The number of benzene rings is 3. The van der Waals surface area contributed by atoms with Crippen LogP contribution < -0.4 is 10.2 Å². The third-order valence-corrected chi connectivity index (χ3v) is 4.82. The lowest BCUT2D eigenvalue weighted by Gasteiger charge is -2.03. The fourth-order valence-electron chi connectivity index (χ4n) is 3.15. The van der Waals surface area contributed by atoms with Crippen LogP contribution in [0.4, 0.5) is 5.69 Å². The van der Waals surface area contributed by atoms with E-state index in [1.54, 1.807) is 18.0 Å². The highest BCUT2D eigenvalue weighted by atomic mass is 16.6. The normalized spacial score (nSPS) is 10.8. The van der Waals surface area contributed by atoms with Crippen molar-refractivity contribution in [1.29, 1.82) is 0 Å². The number of ether oxygens (including phenoxy) is 1. The first-order chi connectivity index (χ1) is 16.0. The molecule has 4 aromatic rings. The summed E-state index contributed by atoms with van der Waals surface area (Å²) in [6.45, 7) is 0. The van der Waals surface area contributed by atoms with Gasteiger partial charge in [0.25, 0.3) is 11.6 Å². The van der Waals surface area contributed by atoms with Gasteiger partial charge in [-0.25, -0.2) is 10.1 Å². The van der Waals surface area contributed by atoms with Crippen LogP contribution in [0.2, 0.25) is 0 Å². The van der Waals surface area contributed by atoms with Crippen molar-refractivity contribution >= 4 is 17.8 Å². The Morgan fingerprint density at radius 2 is 1.85 bits per heavy atom. The molecular weight excluding hydrogens is 422 g/mol. The number of amides is 1. The Labute approximate surface area is 189 Å². The lowest BCUT2D eigenvalue weighted by Crippen LogP contribution is -2.17. The molecule has 0 radical (unpaired) electrons. The average molecular weight is 441 g/mol. The van der Waals surface area contributed by atoms with Crippen LogP contribution in [0.1, 0.15) is 15.9 Å². The number of aromatic nitrogens is 2. The Bertz CT molecular complexity index is 1310. The third-order valence-electron chi connectivity index (χ3n) is 4.82. The average Bonchev–Trinajstić information content (AvgIpc) is 3.29. The molecular formula is C24H19N5O4. The largest absolute Gasteiger partial charge is 0.497 e. The van der Waals surface area contributed by atoms with Crippen molar-refractivity contribution in [3.8, 4) is 22.7 Å². The van der Waals surface area contributed by atoms with E-state index in [9.17, 15) is 14.9 Å². The van der Waals surface area contributed by atoms with Crippen LogP contribution in [-0.2, 0) is 0 Å². The van der Waals surface area contributed by atoms with Gasteiger partial charge in [-0.3, -0.25) is 14.9 Å². The van der Waals surface area contributed by atoms with Gasteiger partial charge < -0.3 is 4.74 Å². The van der Waals surface area contributed by atoms with Crippen LogP contribution in [0.5, 0.6) is 5.75 Å². The highest BCUT2D eigenvalue weighted by molar-refractivity contribution is 5.96. The zero-order valence-corrected chi connectivity index (χ0v) is 17.6. The minimum absolute atomic E-state index is 0.136. The van der Waals surface area contributed by atoms with Crippen LogP contribution in [0, 0.1) is 10.1 Å². The molecule has 3 aromatic carbocycles. The van der Waals surface area contributed by atoms with E-state index in [4.69, 9.17) is 9.84 Å². The highest BCUT2D eigenvalue weighted by Gasteiger charge is 2.13. The molecule has 0 saturated carbocycles. The molecule has 0 spiro atoms. The molecule has 0 saturated heterocycles. The molecule has 0 aliphatic carbocycles. The maximum Gasteiger partial charge on any atom is 0.271 e. The molecule has 1 amide bonds. The van der Waals surface area contributed by atoms with Gasteiger partial charge in [-0.2, -0.15) is 10.2 Å². The lowest BCUT2D eigenvalue weighted by molar-refractivity contribution is -0.384. The predicted octanol–water partition coefficient (Wildman–Crippen LogP) is 4.22. The number of methoxy groups -OCH3 is 1. The summed E-state index contributed by atoms with van der Waals surface area (Å²) in [4.78, 5) is 22.8. The van der Waals surface area contributed by atoms with Gasteiger partial charge in [0.1, 0.15) is 11.4 Å². The van der Waals surface area contributed by atoms with Crippen LogP contribution in [-0.4, -0.2) is 33.9 Å². The molecule has 1 heterocycles. The minimum atomic E-state index is -0.559. The van der Waals surface area contributed by atoms with Crippen molar-refractivity contribution in [2.24, 2.45) is 5.10 Å². The van der Waals surface area contributed by atoms with Crippen LogP contribution >= 0.6 is 0 Å². The van der Waals surface area contributed by atoms with Crippen LogP contribution in [0.3, 0.4) is 0 Å². The summed E-state index contributed by atoms with van der Waals surface area (Å²) < 4.78 is 6.95. The van der Waals surface area contributed by atoms with Gasteiger partial charge in [-0.15, -0.1) is 0 Å². The molecule has 164 valence electrons. The summed E-state index contributed by atoms with van der Waals surface area (Å²) in [5.74, 6) is 0.164. The van der Waals surface area contributed by atoms with Gasteiger partial charge in [-0.1, -0.05) is 24.3 Å². The van der Waals surface area contributed by atoms with E-state index in [-0.39, 0.29) is 11.3 Å². The summed E-state index contributed by atoms with van der Waals surface area (Å²) in [7, 11) is 1.60. The Morgan fingerprint density at radius 1 is 1.09 bits per heavy atom. The molecule has 0 fully saturated rings. The maximum atomic E-state index is 12.4. The number of hydrogen-bond acceptors (Lipinski definition) is 6. The topological polar surface area (TPSA) is 112 Å². The second-order valence-corrected chi connectivity index (χ2v) is 6.95. The fourth-order valence-corrected chi connectivity index (χ4v) is 3.15. The molecule has 9 heteroatoms. The first kappa shape index (κ1) is 21.4. The number of rotatable bonds is 7. The maximum absolute atomic E-state index is 12.4. The number of non-ortho nitro benzene ring substituents is 1. The third kappa shape index (κ3) is 4.93. The molecule has 33 heavy (non-hydrogen) atoms. The van der Waals surface area contributed by atoms with E-state index in [0.717, 1.165) is 17.0 Å². The molecule has 0 bridgehead atoms. The van der Waals surface area contributed by atoms with Gasteiger partial charge in [0.15, 0.2) is 0 Å². The van der Waals surface area contributed by atoms with E-state index in [2.05, 4.69) is 10.5 Å². The van der Waals surface area contributed by atoms with Crippen molar-refractivity contribution < 1.29 is 14.5 Å². The van der Waals surface area contributed by atoms with E-state index in [1.165, 1.54) is 30.5 Å². The number of para-hydroxylation sites is 1. The number of carbonyl (C=O) groups is 1. The zero-order chi connectivity index (χ0) is 23.2. The molecule has 1 aromatic heterocycles. The summed E-state index contributed by atoms with van der Waals surface area (Å²) in [6.07, 6.45) is 3.29. The summed E-state index contributed by atoms with van der Waals surface area (Å²) in [6, 6.07) is 22.5. The summed E-state index contributed by atoms with van der Waals surface area (Å²) in [5, 5.41) is 19.7. The monoisotopic (exact) mass is 441 g/mol. The van der Waals surface area contributed by atoms with Gasteiger partial charge in [0.2, 0.25) is 0 Å². The summed E-state index contributed by atoms with van der Waals surface area (Å²) >= 11 is 0. The highest BCUT2D eigenvalue weighted by Crippen LogP contribution is 2.25. The Hall–Kier alpha value is -4.79. The van der Waals surface area contributed by atoms with E-state index in [0.29, 0.717) is 11.3 Å². The van der Waals surface area contributed by atoms with Crippen molar-refractivity contribution in [2.75, 3.05) is 7.11 Å². The van der Waals surface area contributed by atoms with Crippen molar-refractivity contribution in [3.05, 3.63) is 106 Å². The zero-order valence-electron chi connectivity index (χ0n) is 17.6. The fraction of sp³-hybridized carbons (Fsp3) is 0.0417. The first-order valence-electron chi connectivity index (χ1n) is 9.92. The molecule has 0 atom stereocenters. The minimum Gasteiger partial charge on any atom is -0.497 e. The van der Waals surface area contributed by atoms with E-state index < -0.39 is 10.8 Å². The number of hydrazone groups is 1. The smallest absolute Gasteiger partial charge is 0.271 e. The van der Waals surface area contributed by atoms with Gasteiger partial charge in [-0.05, 0) is 42.5 Å². The van der Waals surface area contributed by atoms with Gasteiger partial charge in [0.05, 0.1) is 23.9 Å². The SMILES string of the molecule is COc1ccc(-c2nn(-c3ccccc3)cc2C=NNC(=O)c2cccc([N+](=O)[O-])c2)cc1. The van der Waals surface area contributed by atoms with Gasteiger partial charge >= 0.3 is 0 Å². The molecule has 0 aliphatic heterocycles. The molecule has 0 unspecified atom stereocenters. The molecule has 0 aliphatic rings. The molecule has 4 rings (SSSR count). The Kier molecular flexibility index (Phi) is 6.21. The Balaban J connectivity index is 1.62. The van der Waals surface area contributed by atoms with Crippen molar-refractivity contribution in [1.82, 2.24) is 15.2 Å². The van der Waals surface area contributed by atoms with E-state index in [1.807, 2.05) is 54.6 Å². The van der Waals surface area contributed by atoms with Crippen LogP contribution in [0.15, 0.2) is 90.2 Å². The number of hydrogen-bond donors (Lipinski definition) is 1. The standard InChI is InChI=1S/C24H19N5O4/c1-33-22-12-10-17(11-13-22)23-19(16-28(27-23)20-7-3-2-4-8-20)15-25-26-24(30)18-6-5-9-21(14-18)29(31)32/h2-16H,1H3,(H,26,30). The first-order valence-corrected chi connectivity index (χ1v) is 9.92. The number of nitro benzene ring substituents is 1. The van der Waals surface area contributed by atoms with E-state index >= 15 is 0 Å². The summed E-state index contributed by atoms with van der Waals surface area (Å²) in [5.41, 5.74) is 5.42. The second kappa shape index (κ2) is 9.56. The number of carbonyl (C=O) groups excluding carboxylic acids is 1. The van der Waals surface area contributed by atoms with Crippen LogP contribution in [0.25, 0.3) is 16.9 Å². The number of nitrogens with zero attached hydrogens (tertiary/aromatic N) is 4. The van der Waals surface area contributed by atoms with Crippen molar-refractivity contribution in [2.45, 2.75) is 0 Å². The molecule has 1 N–H and O–H groups in total. The molecule has 9 nitrogen and oxygen atoms in total. The van der Waals surface area contributed by atoms with Crippen molar-refractivity contribution in [3.63, 3.8) is 0 Å². The second-order valence-electron chi connectivity index (χ2n) is 6.95. The quantitative estimate of drug-likeness (QED) is 0.262. The lowest BCUT2D eigenvalue weighted by atomic mass is 10.1. The number of nitro groups is 1. The number of nitrogens with one attached hydrogen (secondary N) is 1.